The van der Waals surface area contributed by atoms with Crippen LogP contribution in [-0.4, -0.2) is 19.5 Å². The van der Waals surface area contributed by atoms with E-state index in [1.807, 2.05) is 30.3 Å². The third-order valence-electron chi connectivity index (χ3n) is 12.3. The number of fused-ring (bicyclic) bond motifs is 10. The lowest BCUT2D eigenvalue weighted by Crippen LogP contribution is -2.17. The molecule has 0 unspecified atom stereocenters. The highest BCUT2D eigenvalue weighted by atomic mass is 16.3. The zero-order valence-electron chi connectivity index (χ0n) is 32.5. The fraction of sp³-hybridized carbons (Fsp3) is 0.0556. The fourth-order valence-corrected chi connectivity index (χ4v) is 9.41. The number of aromatic nitrogens is 4. The molecule has 5 nitrogen and oxygen atoms in total. The quantitative estimate of drug-likeness (QED) is 0.175. The van der Waals surface area contributed by atoms with Crippen LogP contribution in [0, 0.1) is 0 Å². The first kappa shape index (κ1) is 33.5. The number of benzene rings is 8. The van der Waals surface area contributed by atoms with Gasteiger partial charge < -0.3 is 4.42 Å². The molecule has 1 aliphatic rings. The average molecular weight is 757 g/mol. The standard InChI is InChI=1S/C54H36N4O/c1-54(2)45-17-9-6-14-39(45)42-29-30-43-40-15-7-10-18-46(40)58(50(43)49(42)54)53-56-51(55-52(57-53)38-28-31-48-44(32-38)41-16-8-11-19-47(41)59-48)37-26-24-36(25-27-37)35-22-20-34(21-23-35)33-12-4-3-5-13-33/h3-32H,1-2H3. The van der Waals surface area contributed by atoms with Crippen molar-refractivity contribution in [3.63, 3.8) is 0 Å². The highest BCUT2D eigenvalue weighted by molar-refractivity contribution is 6.13. The Morgan fingerprint density at radius 1 is 0.424 bits per heavy atom. The van der Waals surface area contributed by atoms with Gasteiger partial charge in [0.05, 0.1) is 11.0 Å². The average Bonchev–Trinajstić information content (AvgIpc) is 3.92. The van der Waals surface area contributed by atoms with E-state index in [1.165, 1.54) is 38.8 Å². The molecule has 8 aromatic carbocycles. The second-order valence-electron chi connectivity index (χ2n) is 16.0. The minimum Gasteiger partial charge on any atom is -0.456 e. The lowest BCUT2D eigenvalue weighted by Gasteiger charge is -2.23. The Kier molecular flexibility index (Phi) is 7.20. The van der Waals surface area contributed by atoms with Gasteiger partial charge in [0.1, 0.15) is 11.2 Å². The van der Waals surface area contributed by atoms with Gasteiger partial charge >= 0.3 is 0 Å². The summed E-state index contributed by atoms with van der Waals surface area (Å²) in [5, 5.41) is 4.43. The number of furan rings is 1. The summed E-state index contributed by atoms with van der Waals surface area (Å²) < 4.78 is 8.50. The molecule has 0 N–H and O–H groups in total. The van der Waals surface area contributed by atoms with Crippen molar-refractivity contribution >= 4 is 43.7 Å². The third kappa shape index (κ3) is 5.14. The lowest BCUT2D eigenvalue weighted by atomic mass is 9.81. The SMILES string of the molecule is CC1(C)c2ccccc2-c2ccc3c4ccccc4n(-c4nc(-c5ccc(-c6ccc(-c7ccccc7)cc6)cc5)nc(-c5ccc6oc7ccccc7c6c5)n4)c3c21. The maximum absolute atomic E-state index is 6.22. The number of hydrogen-bond donors (Lipinski definition) is 0. The van der Waals surface area contributed by atoms with Gasteiger partial charge in [-0.05, 0) is 74.8 Å². The molecule has 1 aliphatic carbocycles. The summed E-state index contributed by atoms with van der Waals surface area (Å²) in [6.45, 7) is 4.68. The number of rotatable bonds is 5. The maximum atomic E-state index is 6.22. The number of hydrogen-bond acceptors (Lipinski definition) is 4. The smallest absolute Gasteiger partial charge is 0.238 e. The van der Waals surface area contributed by atoms with Crippen molar-refractivity contribution in [2.24, 2.45) is 0 Å². The minimum absolute atomic E-state index is 0.251. The summed E-state index contributed by atoms with van der Waals surface area (Å²) in [6, 6.07) is 64.2. The van der Waals surface area contributed by atoms with Crippen LogP contribution < -0.4 is 0 Å². The second kappa shape index (κ2) is 12.7. The van der Waals surface area contributed by atoms with Gasteiger partial charge in [-0.1, -0.05) is 166 Å². The van der Waals surface area contributed by atoms with E-state index in [9.17, 15) is 0 Å². The topological polar surface area (TPSA) is 56.7 Å². The first-order chi connectivity index (χ1) is 29.0. The van der Waals surface area contributed by atoms with E-state index < -0.39 is 0 Å². The van der Waals surface area contributed by atoms with Crippen LogP contribution >= 0.6 is 0 Å². The number of nitrogens with zero attached hydrogens (tertiary/aromatic N) is 4. The van der Waals surface area contributed by atoms with E-state index in [1.54, 1.807) is 0 Å². The predicted octanol–water partition coefficient (Wildman–Crippen LogP) is 13.8. The van der Waals surface area contributed by atoms with Crippen LogP contribution in [0.15, 0.2) is 186 Å². The van der Waals surface area contributed by atoms with Crippen molar-refractivity contribution in [1.82, 2.24) is 19.5 Å². The predicted molar refractivity (Wildman–Crippen MR) is 241 cm³/mol. The minimum atomic E-state index is -0.251. The van der Waals surface area contributed by atoms with Crippen LogP contribution in [0.5, 0.6) is 0 Å². The van der Waals surface area contributed by atoms with Crippen LogP contribution in [-0.2, 0) is 5.41 Å². The third-order valence-corrected chi connectivity index (χ3v) is 12.3. The van der Waals surface area contributed by atoms with Gasteiger partial charge in [0, 0.05) is 38.1 Å². The summed E-state index contributed by atoms with van der Waals surface area (Å²) in [6.07, 6.45) is 0. The Bertz CT molecular complexity index is 3450. The van der Waals surface area contributed by atoms with E-state index >= 15 is 0 Å². The molecule has 0 radical (unpaired) electrons. The molecule has 12 rings (SSSR count). The Balaban J connectivity index is 1.07. The molecule has 59 heavy (non-hydrogen) atoms. The molecule has 278 valence electrons. The summed E-state index contributed by atoms with van der Waals surface area (Å²) in [4.78, 5) is 16.0. The van der Waals surface area contributed by atoms with Gasteiger partial charge in [-0.3, -0.25) is 4.57 Å². The van der Waals surface area contributed by atoms with E-state index in [2.05, 4.69) is 170 Å². The molecule has 3 aromatic heterocycles. The van der Waals surface area contributed by atoms with Crippen molar-refractivity contribution in [3.8, 4) is 62.1 Å². The second-order valence-corrected chi connectivity index (χ2v) is 16.0. The maximum Gasteiger partial charge on any atom is 0.238 e. The van der Waals surface area contributed by atoms with Crippen molar-refractivity contribution in [3.05, 3.63) is 193 Å². The molecule has 0 saturated heterocycles. The van der Waals surface area contributed by atoms with Crippen LogP contribution in [0.1, 0.15) is 25.0 Å². The molecular weight excluding hydrogens is 721 g/mol. The molecule has 0 saturated carbocycles. The van der Waals surface area contributed by atoms with Crippen LogP contribution in [0.3, 0.4) is 0 Å². The van der Waals surface area contributed by atoms with E-state index in [0.29, 0.717) is 17.6 Å². The van der Waals surface area contributed by atoms with E-state index in [4.69, 9.17) is 19.4 Å². The van der Waals surface area contributed by atoms with Crippen LogP contribution in [0.2, 0.25) is 0 Å². The van der Waals surface area contributed by atoms with E-state index in [0.717, 1.165) is 60.6 Å². The highest BCUT2D eigenvalue weighted by Crippen LogP contribution is 2.53. The van der Waals surface area contributed by atoms with Crippen molar-refractivity contribution < 1.29 is 4.42 Å². The molecule has 0 spiro atoms. The first-order valence-corrected chi connectivity index (χ1v) is 20.1. The zero-order valence-corrected chi connectivity index (χ0v) is 32.5. The first-order valence-electron chi connectivity index (χ1n) is 20.1. The molecule has 5 heteroatoms. The normalized spacial score (nSPS) is 13.1. The highest BCUT2D eigenvalue weighted by Gasteiger charge is 2.38. The molecule has 3 heterocycles. The Morgan fingerprint density at radius 2 is 1.00 bits per heavy atom. The van der Waals surface area contributed by atoms with Gasteiger partial charge in [0.25, 0.3) is 0 Å². The molecule has 11 aromatic rings. The molecule has 0 amide bonds. The van der Waals surface area contributed by atoms with E-state index in [-0.39, 0.29) is 5.41 Å². The van der Waals surface area contributed by atoms with Gasteiger partial charge in [-0.25, -0.2) is 4.98 Å². The molecule has 0 bridgehead atoms. The Labute approximate surface area is 340 Å². The Morgan fingerprint density at radius 3 is 1.76 bits per heavy atom. The Hall–Kier alpha value is -7.63. The summed E-state index contributed by atoms with van der Waals surface area (Å²) in [5.74, 6) is 1.78. The summed E-state index contributed by atoms with van der Waals surface area (Å²) in [7, 11) is 0. The van der Waals surface area contributed by atoms with Crippen LogP contribution in [0.4, 0.5) is 0 Å². The molecule has 0 fully saturated rings. The summed E-state index contributed by atoms with van der Waals surface area (Å²) in [5.41, 5.74) is 15.2. The summed E-state index contributed by atoms with van der Waals surface area (Å²) >= 11 is 0. The van der Waals surface area contributed by atoms with Gasteiger partial charge in [-0.2, -0.15) is 9.97 Å². The number of para-hydroxylation sites is 2. The van der Waals surface area contributed by atoms with Crippen molar-refractivity contribution in [2.75, 3.05) is 0 Å². The van der Waals surface area contributed by atoms with Gasteiger partial charge in [0.15, 0.2) is 11.6 Å². The molecule has 0 aliphatic heterocycles. The van der Waals surface area contributed by atoms with Crippen molar-refractivity contribution in [1.29, 1.82) is 0 Å². The van der Waals surface area contributed by atoms with Crippen LogP contribution in [0.25, 0.3) is 106 Å². The lowest BCUT2D eigenvalue weighted by molar-refractivity contribution is 0.663. The molecule has 0 atom stereocenters. The fourth-order valence-electron chi connectivity index (χ4n) is 9.41. The van der Waals surface area contributed by atoms with Gasteiger partial charge in [-0.15, -0.1) is 0 Å². The van der Waals surface area contributed by atoms with Crippen molar-refractivity contribution in [2.45, 2.75) is 19.3 Å². The van der Waals surface area contributed by atoms with Gasteiger partial charge in [0.2, 0.25) is 5.95 Å². The monoisotopic (exact) mass is 756 g/mol. The zero-order chi connectivity index (χ0) is 39.2. The molecular formula is C54H36N4O. The largest absolute Gasteiger partial charge is 0.456 e.